The molecule has 0 aromatic heterocycles. The second-order valence-electron chi connectivity index (χ2n) is 4.70. The van der Waals surface area contributed by atoms with Gasteiger partial charge in [0.25, 0.3) is 0 Å². The van der Waals surface area contributed by atoms with Crippen molar-refractivity contribution in [1.29, 1.82) is 0 Å². The van der Waals surface area contributed by atoms with E-state index in [4.69, 9.17) is 0 Å². The third kappa shape index (κ3) is 5.37. The van der Waals surface area contributed by atoms with Crippen molar-refractivity contribution in [3.63, 3.8) is 0 Å². The molecule has 0 radical (unpaired) electrons. The highest BCUT2D eigenvalue weighted by Crippen LogP contribution is 2.31. The lowest BCUT2D eigenvalue weighted by atomic mass is 9.80. The summed E-state index contributed by atoms with van der Waals surface area (Å²) in [5.41, 5.74) is -0.820. The van der Waals surface area contributed by atoms with Gasteiger partial charge >= 0.3 is 12.1 Å². The highest BCUT2D eigenvalue weighted by Gasteiger charge is 2.37. The SMILES string of the molecule is CCC(C)(CC(C)C)C(=O)OCC(F)(F)F. The molecule has 2 nitrogen and oxygen atoms in total. The van der Waals surface area contributed by atoms with Crippen LogP contribution in [0.3, 0.4) is 0 Å². The van der Waals surface area contributed by atoms with E-state index in [1.54, 1.807) is 13.8 Å². The predicted molar refractivity (Wildman–Crippen MR) is 54.9 cm³/mol. The van der Waals surface area contributed by atoms with E-state index in [0.717, 1.165) is 0 Å². The van der Waals surface area contributed by atoms with Crippen LogP contribution in [0.5, 0.6) is 0 Å². The maximum Gasteiger partial charge on any atom is 0.422 e. The molecule has 0 amide bonds. The number of halogens is 3. The first kappa shape index (κ1) is 15.3. The van der Waals surface area contributed by atoms with Gasteiger partial charge in [0, 0.05) is 0 Å². The minimum Gasteiger partial charge on any atom is -0.456 e. The highest BCUT2D eigenvalue weighted by molar-refractivity contribution is 5.76. The number of carbonyl (C=O) groups excluding carboxylic acids is 1. The van der Waals surface area contributed by atoms with Gasteiger partial charge in [-0.15, -0.1) is 0 Å². The molecule has 0 aromatic rings. The summed E-state index contributed by atoms with van der Waals surface area (Å²) >= 11 is 0. The van der Waals surface area contributed by atoms with Gasteiger partial charge in [0.05, 0.1) is 5.41 Å². The molecule has 0 N–H and O–H groups in total. The van der Waals surface area contributed by atoms with E-state index < -0.39 is 24.2 Å². The van der Waals surface area contributed by atoms with Gasteiger partial charge in [0.2, 0.25) is 0 Å². The van der Waals surface area contributed by atoms with Crippen LogP contribution in [0, 0.1) is 11.3 Å². The molecule has 0 fully saturated rings. The molecule has 0 aliphatic carbocycles. The molecule has 96 valence electrons. The van der Waals surface area contributed by atoms with Crippen molar-refractivity contribution in [2.75, 3.05) is 6.61 Å². The van der Waals surface area contributed by atoms with Crippen LogP contribution in [-0.4, -0.2) is 18.8 Å². The zero-order chi connectivity index (χ0) is 13.0. The summed E-state index contributed by atoms with van der Waals surface area (Å²) in [6, 6.07) is 0. The van der Waals surface area contributed by atoms with Crippen LogP contribution in [0.1, 0.15) is 40.5 Å². The Bertz CT molecular complexity index is 236. The van der Waals surface area contributed by atoms with Gasteiger partial charge in [-0.3, -0.25) is 4.79 Å². The molecule has 0 bridgehead atoms. The van der Waals surface area contributed by atoms with E-state index in [-0.39, 0.29) is 5.92 Å². The topological polar surface area (TPSA) is 26.3 Å². The lowest BCUT2D eigenvalue weighted by Gasteiger charge is -2.27. The van der Waals surface area contributed by atoms with Gasteiger partial charge in [0.15, 0.2) is 6.61 Å². The third-order valence-electron chi connectivity index (χ3n) is 2.50. The van der Waals surface area contributed by atoms with Crippen LogP contribution < -0.4 is 0 Å². The Balaban J connectivity index is 4.42. The number of esters is 1. The molecule has 0 saturated carbocycles. The zero-order valence-electron chi connectivity index (χ0n) is 10.1. The Kier molecular flexibility index (Phi) is 5.29. The number of ether oxygens (including phenoxy) is 1. The first-order valence-corrected chi connectivity index (χ1v) is 5.34. The van der Waals surface area contributed by atoms with Crippen LogP contribution in [0.4, 0.5) is 13.2 Å². The summed E-state index contributed by atoms with van der Waals surface area (Å²) in [6.07, 6.45) is -3.45. The summed E-state index contributed by atoms with van der Waals surface area (Å²) in [4.78, 5) is 11.6. The molecule has 0 aliphatic heterocycles. The molecular formula is C11H19F3O2. The molecule has 0 heterocycles. The van der Waals surface area contributed by atoms with Crippen LogP contribution in [0.2, 0.25) is 0 Å². The molecule has 0 rings (SSSR count). The fraction of sp³-hybridized carbons (Fsp3) is 0.909. The van der Waals surface area contributed by atoms with Crippen molar-refractivity contribution in [2.24, 2.45) is 11.3 Å². The number of hydrogen-bond donors (Lipinski definition) is 0. The average Bonchev–Trinajstić information content (AvgIpc) is 2.11. The first-order valence-electron chi connectivity index (χ1n) is 5.34. The minimum absolute atomic E-state index is 0.239. The van der Waals surface area contributed by atoms with Crippen molar-refractivity contribution in [3.05, 3.63) is 0 Å². The molecular weight excluding hydrogens is 221 g/mol. The normalized spacial score (nSPS) is 16.0. The maximum absolute atomic E-state index is 11.9. The van der Waals surface area contributed by atoms with Crippen molar-refractivity contribution in [1.82, 2.24) is 0 Å². The molecule has 1 unspecified atom stereocenters. The number of rotatable bonds is 5. The van der Waals surface area contributed by atoms with E-state index >= 15 is 0 Å². The van der Waals surface area contributed by atoms with Crippen molar-refractivity contribution in [3.8, 4) is 0 Å². The van der Waals surface area contributed by atoms with E-state index in [2.05, 4.69) is 4.74 Å². The van der Waals surface area contributed by atoms with Crippen molar-refractivity contribution >= 4 is 5.97 Å². The summed E-state index contributed by atoms with van der Waals surface area (Å²) < 4.78 is 40.0. The Labute approximate surface area is 94.2 Å². The third-order valence-corrected chi connectivity index (χ3v) is 2.50. The average molecular weight is 240 g/mol. The van der Waals surface area contributed by atoms with Crippen LogP contribution in [-0.2, 0) is 9.53 Å². The van der Waals surface area contributed by atoms with Gasteiger partial charge in [-0.2, -0.15) is 13.2 Å². The molecule has 0 saturated heterocycles. The molecule has 16 heavy (non-hydrogen) atoms. The second kappa shape index (κ2) is 5.55. The Morgan fingerprint density at radius 2 is 1.81 bits per heavy atom. The van der Waals surface area contributed by atoms with Crippen LogP contribution >= 0.6 is 0 Å². The molecule has 5 heteroatoms. The van der Waals surface area contributed by atoms with Crippen LogP contribution in [0.25, 0.3) is 0 Å². The summed E-state index contributed by atoms with van der Waals surface area (Å²) in [5.74, 6) is -0.524. The first-order chi connectivity index (χ1) is 7.10. The minimum atomic E-state index is -4.46. The van der Waals surface area contributed by atoms with Gasteiger partial charge in [0.1, 0.15) is 0 Å². The monoisotopic (exact) mass is 240 g/mol. The lowest BCUT2D eigenvalue weighted by molar-refractivity contribution is -0.193. The smallest absolute Gasteiger partial charge is 0.422 e. The summed E-state index contributed by atoms with van der Waals surface area (Å²) in [6.45, 7) is 5.76. The van der Waals surface area contributed by atoms with Gasteiger partial charge in [-0.1, -0.05) is 20.8 Å². The zero-order valence-corrected chi connectivity index (χ0v) is 10.1. The molecule has 1 atom stereocenters. The Hall–Kier alpha value is -0.740. The number of hydrogen-bond acceptors (Lipinski definition) is 2. The number of carbonyl (C=O) groups is 1. The predicted octanol–water partition coefficient (Wildman–Crippen LogP) is 3.55. The van der Waals surface area contributed by atoms with Crippen LogP contribution in [0.15, 0.2) is 0 Å². The summed E-state index contributed by atoms with van der Waals surface area (Å²) in [5, 5.41) is 0. The van der Waals surface area contributed by atoms with Crippen molar-refractivity contribution in [2.45, 2.75) is 46.7 Å². The summed E-state index contributed by atoms with van der Waals surface area (Å²) in [7, 11) is 0. The second-order valence-corrected chi connectivity index (χ2v) is 4.70. The van der Waals surface area contributed by atoms with E-state index in [1.165, 1.54) is 0 Å². The lowest BCUT2D eigenvalue weighted by Crippen LogP contribution is -2.33. The molecule has 0 aromatic carbocycles. The highest BCUT2D eigenvalue weighted by atomic mass is 19.4. The van der Waals surface area contributed by atoms with Crippen molar-refractivity contribution < 1.29 is 22.7 Å². The van der Waals surface area contributed by atoms with Gasteiger partial charge in [-0.05, 0) is 25.7 Å². The Morgan fingerprint density at radius 1 is 1.31 bits per heavy atom. The molecule has 0 spiro atoms. The van der Waals surface area contributed by atoms with Gasteiger partial charge < -0.3 is 4.74 Å². The fourth-order valence-corrected chi connectivity index (χ4v) is 1.59. The largest absolute Gasteiger partial charge is 0.456 e. The standard InChI is InChI=1S/C11H19F3O2/c1-5-10(4,6-8(2)3)9(15)16-7-11(12,13)14/h8H,5-7H2,1-4H3. The molecule has 0 aliphatic rings. The quantitative estimate of drug-likeness (QED) is 0.687. The van der Waals surface area contributed by atoms with Gasteiger partial charge in [-0.25, -0.2) is 0 Å². The van der Waals surface area contributed by atoms with E-state index in [9.17, 15) is 18.0 Å². The number of alkyl halides is 3. The Morgan fingerprint density at radius 3 is 2.12 bits per heavy atom. The van der Waals surface area contributed by atoms with E-state index in [0.29, 0.717) is 12.8 Å². The fourth-order valence-electron chi connectivity index (χ4n) is 1.59. The maximum atomic E-state index is 11.9. The van der Waals surface area contributed by atoms with E-state index in [1.807, 2.05) is 13.8 Å².